The summed E-state index contributed by atoms with van der Waals surface area (Å²) in [6.07, 6.45) is 7.29. The summed E-state index contributed by atoms with van der Waals surface area (Å²) in [4.78, 5) is 0. The smallest absolute Gasteiger partial charge is 0.122 e. The maximum absolute atomic E-state index is 10.5. The van der Waals surface area contributed by atoms with Gasteiger partial charge in [-0.25, -0.2) is 0 Å². The minimum atomic E-state index is -0.431. The van der Waals surface area contributed by atoms with E-state index in [-0.39, 0.29) is 0 Å². The van der Waals surface area contributed by atoms with E-state index in [1.54, 1.807) is 7.11 Å². The van der Waals surface area contributed by atoms with Gasteiger partial charge in [0.2, 0.25) is 0 Å². The van der Waals surface area contributed by atoms with Crippen LogP contribution in [-0.4, -0.2) is 17.8 Å². The van der Waals surface area contributed by atoms with Crippen LogP contribution in [0.2, 0.25) is 0 Å². The Bertz CT molecular complexity index is 354. The molecule has 0 aliphatic heterocycles. The molecule has 0 aromatic heterocycles. The van der Waals surface area contributed by atoms with Gasteiger partial charge in [-0.2, -0.15) is 0 Å². The van der Waals surface area contributed by atoms with Crippen LogP contribution in [0, 0.1) is 0 Å². The Hall–Kier alpha value is -1.02. The van der Waals surface area contributed by atoms with Crippen molar-refractivity contribution in [2.24, 2.45) is 0 Å². The van der Waals surface area contributed by atoms with Crippen molar-refractivity contribution in [3.05, 3.63) is 29.8 Å². The van der Waals surface area contributed by atoms with Crippen molar-refractivity contribution in [3.63, 3.8) is 0 Å². The van der Waals surface area contributed by atoms with Gasteiger partial charge in [0.25, 0.3) is 0 Å². The highest BCUT2D eigenvalue weighted by atomic mass is 16.5. The molecular formula is C15H22O2. The molecular weight excluding hydrogens is 212 g/mol. The summed E-state index contributed by atoms with van der Waals surface area (Å²) in [6.45, 7) is 0. The molecule has 1 aromatic carbocycles. The van der Waals surface area contributed by atoms with Crippen LogP contribution in [0.25, 0.3) is 0 Å². The van der Waals surface area contributed by atoms with Crippen molar-refractivity contribution >= 4 is 0 Å². The van der Waals surface area contributed by atoms with Crippen molar-refractivity contribution in [2.45, 2.75) is 50.5 Å². The van der Waals surface area contributed by atoms with Gasteiger partial charge in [0.15, 0.2) is 0 Å². The maximum Gasteiger partial charge on any atom is 0.122 e. The molecule has 0 amide bonds. The van der Waals surface area contributed by atoms with E-state index in [1.165, 1.54) is 24.8 Å². The highest BCUT2D eigenvalue weighted by molar-refractivity contribution is 5.33. The van der Waals surface area contributed by atoms with Gasteiger partial charge in [-0.1, -0.05) is 37.5 Å². The molecule has 0 heterocycles. The van der Waals surface area contributed by atoms with E-state index in [2.05, 4.69) is 6.07 Å². The van der Waals surface area contributed by atoms with Crippen molar-refractivity contribution in [2.75, 3.05) is 7.11 Å². The summed E-state index contributed by atoms with van der Waals surface area (Å²) in [5.74, 6) is 0.937. The zero-order chi connectivity index (χ0) is 12.1. The number of ether oxygens (including phenoxy) is 1. The number of methoxy groups -OCH3 is 1. The Kier molecular flexibility index (Phi) is 4.06. The molecule has 17 heavy (non-hydrogen) atoms. The fourth-order valence-electron chi connectivity index (χ4n) is 2.74. The molecule has 1 fully saturated rings. The van der Waals surface area contributed by atoms with E-state index >= 15 is 0 Å². The summed E-state index contributed by atoms with van der Waals surface area (Å²) in [5.41, 5.74) is 0.771. The summed E-state index contributed by atoms with van der Waals surface area (Å²) in [5, 5.41) is 10.5. The maximum atomic E-state index is 10.5. The number of para-hydroxylation sites is 1. The highest BCUT2D eigenvalue weighted by Crippen LogP contribution is 2.32. The third-order valence-electron chi connectivity index (χ3n) is 3.84. The molecule has 1 saturated carbocycles. The first kappa shape index (κ1) is 12.4. The molecule has 1 aromatic rings. The SMILES string of the molecule is COc1ccccc1CCC1(O)CCCCC1. The average Bonchev–Trinajstić information content (AvgIpc) is 2.38. The van der Waals surface area contributed by atoms with Crippen molar-refractivity contribution in [1.29, 1.82) is 0 Å². The van der Waals surface area contributed by atoms with E-state index in [0.29, 0.717) is 0 Å². The third-order valence-corrected chi connectivity index (χ3v) is 3.84. The largest absolute Gasteiger partial charge is 0.496 e. The monoisotopic (exact) mass is 234 g/mol. The van der Waals surface area contributed by atoms with Crippen molar-refractivity contribution in [3.8, 4) is 5.75 Å². The summed E-state index contributed by atoms with van der Waals surface area (Å²) in [7, 11) is 1.70. The van der Waals surface area contributed by atoms with Crippen molar-refractivity contribution < 1.29 is 9.84 Å². The van der Waals surface area contributed by atoms with Crippen molar-refractivity contribution in [1.82, 2.24) is 0 Å². The Morgan fingerprint density at radius 1 is 1.18 bits per heavy atom. The quantitative estimate of drug-likeness (QED) is 0.866. The standard InChI is InChI=1S/C15H22O2/c1-17-14-8-4-3-7-13(14)9-12-15(16)10-5-2-6-11-15/h3-4,7-8,16H,2,5-6,9-12H2,1H3. The fourth-order valence-corrected chi connectivity index (χ4v) is 2.74. The van der Waals surface area contributed by atoms with Gasteiger partial charge >= 0.3 is 0 Å². The molecule has 0 saturated heterocycles. The first-order valence-corrected chi connectivity index (χ1v) is 6.58. The number of rotatable bonds is 4. The Balaban J connectivity index is 1.96. The van der Waals surface area contributed by atoms with Crippen LogP contribution < -0.4 is 4.74 Å². The fraction of sp³-hybridized carbons (Fsp3) is 0.600. The van der Waals surface area contributed by atoms with Crippen LogP contribution in [0.4, 0.5) is 0 Å². The number of aliphatic hydroxyl groups is 1. The van der Waals surface area contributed by atoms with E-state index < -0.39 is 5.60 Å². The normalized spacial score (nSPS) is 18.9. The topological polar surface area (TPSA) is 29.5 Å². The molecule has 0 atom stereocenters. The minimum absolute atomic E-state index is 0.431. The minimum Gasteiger partial charge on any atom is -0.496 e. The second-order valence-corrected chi connectivity index (χ2v) is 5.10. The molecule has 1 aliphatic carbocycles. The van der Waals surface area contributed by atoms with Gasteiger partial charge in [0, 0.05) is 0 Å². The first-order chi connectivity index (χ1) is 8.23. The summed E-state index contributed by atoms with van der Waals surface area (Å²) >= 11 is 0. The molecule has 0 spiro atoms. The molecule has 0 radical (unpaired) electrons. The van der Waals surface area contributed by atoms with E-state index in [9.17, 15) is 5.11 Å². The van der Waals surface area contributed by atoms with Gasteiger partial charge < -0.3 is 9.84 Å². The Morgan fingerprint density at radius 3 is 2.59 bits per heavy atom. The van der Waals surface area contributed by atoms with Gasteiger partial charge in [0.1, 0.15) is 5.75 Å². The highest BCUT2D eigenvalue weighted by Gasteiger charge is 2.28. The number of aryl methyl sites for hydroxylation is 1. The first-order valence-electron chi connectivity index (χ1n) is 6.58. The molecule has 2 heteroatoms. The molecule has 0 unspecified atom stereocenters. The number of hydrogen-bond acceptors (Lipinski definition) is 2. The lowest BCUT2D eigenvalue weighted by atomic mass is 9.81. The molecule has 0 bridgehead atoms. The van der Waals surface area contributed by atoms with E-state index in [4.69, 9.17) is 4.74 Å². The molecule has 94 valence electrons. The molecule has 2 rings (SSSR count). The second-order valence-electron chi connectivity index (χ2n) is 5.10. The molecule has 2 nitrogen and oxygen atoms in total. The zero-order valence-electron chi connectivity index (χ0n) is 10.6. The predicted molar refractivity (Wildman–Crippen MR) is 69.3 cm³/mol. The lowest BCUT2D eigenvalue weighted by Crippen LogP contribution is -2.31. The van der Waals surface area contributed by atoms with Gasteiger partial charge in [-0.05, 0) is 37.3 Å². The third kappa shape index (κ3) is 3.22. The van der Waals surface area contributed by atoms with E-state index in [1.807, 2.05) is 18.2 Å². The Labute approximate surface area is 104 Å². The average molecular weight is 234 g/mol. The van der Waals surface area contributed by atoms with Crippen LogP contribution in [0.3, 0.4) is 0 Å². The van der Waals surface area contributed by atoms with Crippen LogP contribution in [-0.2, 0) is 6.42 Å². The van der Waals surface area contributed by atoms with Crippen LogP contribution >= 0.6 is 0 Å². The van der Waals surface area contributed by atoms with Gasteiger partial charge in [-0.3, -0.25) is 0 Å². The van der Waals surface area contributed by atoms with Crippen LogP contribution in [0.1, 0.15) is 44.1 Å². The zero-order valence-corrected chi connectivity index (χ0v) is 10.6. The lowest BCUT2D eigenvalue weighted by molar-refractivity contribution is -0.00350. The lowest BCUT2D eigenvalue weighted by Gasteiger charge is -2.32. The summed E-state index contributed by atoms with van der Waals surface area (Å²) < 4.78 is 5.34. The predicted octanol–water partition coefficient (Wildman–Crippen LogP) is 3.32. The van der Waals surface area contributed by atoms with Crippen LogP contribution in [0.5, 0.6) is 5.75 Å². The second kappa shape index (κ2) is 5.54. The number of hydrogen-bond donors (Lipinski definition) is 1. The van der Waals surface area contributed by atoms with Crippen LogP contribution in [0.15, 0.2) is 24.3 Å². The van der Waals surface area contributed by atoms with E-state index in [0.717, 1.165) is 31.4 Å². The summed E-state index contributed by atoms with van der Waals surface area (Å²) in [6, 6.07) is 8.09. The van der Waals surface area contributed by atoms with Gasteiger partial charge in [-0.15, -0.1) is 0 Å². The molecule has 1 aliphatic rings. The Morgan fingerprint density at radius 2 is 1.88 bits per heavy atom. The molecule has 1 N–H and O–H groups in total. The number of benzene rings is 1. The van der Waals surface area contributed by atoms with Gasteiger partial charge in [0.05, 0.1) is 12.7 Å².